The number of rotatable bonds is 6. The lowest BCUT2D eigenvalue weighted by Gasteiger charge is -2.20. The second kappa shape index (κ2) is 6.35. The van der Waals surface area contributed by atoms with Crippen molar-refractivity contribution in [1.82, 2.24) is 5.32 Å². The minimum Gasteiger partial charge on any atom is -0.480 e. The van der Waals surface area contributed by atoms with Crippen molar-refractivity contribution in [2.75, 3.05) is 7.05 Å². The van der Waals surface area contributed by atoms with Crippen molar-refractivity contribution < 1.29 is 13.9 Å². The lowest BCUT2D eigenvalue weighted by Crippen LogP contribution is -2.33. The molecule has 0 aliphatic rings. The smallest absolute Gasteiger partial charge is 0.258 e. The Morgan fingerprint density at radius 1 is 1.56 bits per heavy atom. The molecule has 1 aromatic carbocycles. The molecule has 18 heavy (non-hydrogen) atoms. The highest BCUT2D eigenvalue weighted by Gasteiger charge is 2.18. The maximum atomic E-state index is 13.3. The number of hydrogen-bond acceptors (Lipinski definition) is 3. The average molecular weight is 254 g/mol. The first-order chi connectivity index (χ1) is 8.49. The lowest BCUT2D eigenvalue weighted by atomic mass is 10.1. The van der Waals surface area contributed by atoms with E-state index in [9.17, 15) is 9.18 Å². The number of primary amides is 1. The van der Waals surface area contributed by atoms with Crippen LogP contribution >= 0.6 is 0 Å². The molecule has 0 heterocycles. The number of halogens is 1. The molecule has 3 N–H and O–H groups in total. The number of hydrogen-bond donors (Lipinski definition) is 2. The number of benzene rings is 1. The van der Waals surface area contributed by atoms with Crippen molar-refractivity contribution in [3.05, 3.63) is 29.6 Å². The summed E-state index contributed by atoms with van der Waals surface area (Å²) < 4.78 is 18.8. The van der Waals surface area contributed by atoms with Gasteiger partial charge in [0.1, 0.15) is 11.6 Å². The third-order valence-electron chi connectivity index (χ3n) is 2.83. The zero-order chi connectivity index (χ0) is 13.7. The molecule has 1 aromatic rings. The van der Waals surface area contributed by atoms with E-state index in [1.807, 2.05) is 6.92 Å². The summed E-state index contributed by atoms with van der Waals surface area (Å²) in [7, 11) is 1.79. The number of carbonyl (C=O) groups is 1. The van der Waals surface area contributed by atoms with E-state index in [1.54, 1.807) is 20.0 Å². The van der Waals surface area contributed by atoms with Gasteiger partial charge in [0.05, 0.1) is 0 Å². The van der Waals surface area contributed by atoms with E-state index in [4.69, 9.17) is 10.5 Å². The van der Waals surface area contributed by atoms with Crippen molar-refractivity contribution >= 4 is 5.91 Å². The number of ether oxygens (including phenoxy) is 1. The van der Waals surface area contributed by atoms with E-state index in [0.717, 1.165) is 5.56 Å². The second-order valence-electron chi connectivity index (χ2n) is 4.11. The lowest BCUT2D eigenvalue weighted by molar-refractivity contribution is -0.124. The van der Waals surface area contributed by atoms with Crippen LogP contribution in [0.15, 0.2) is 18.2 Å². The first kappa shape index (κ1) is 14.4. The summed E-state index contributed by atoms with van der Waals surface area (Å²) in [5.74, 6) is -0.608. The van der Waals surface area contributed by atoms with E-state index in [2.05, 4.69) is 5.32 Å². The van der Waals surface area contributed by atoms with Crippen molar-refractivity contribution in [1.29, 1.82) is 0 Å². The summed E-state index contributed by atoms with van der Waals surface area (Å²) in [4.78, 5) is 11.2. The molecule has 0 aliphatic carbocycles. The Hall–Kier alpha value is -1.62. The zero-order valence-corrected chi connectivity index (χ0v) is 10.9. The molecular weight excluding hydrogens is 235 g/mol. The van der Waals surface area contributed by atoms with Gasteiger partial charge in [0.2, 0.25) is 0 Å². The summed E-state index contributed by atoms with van der Waals surface area (Å²) in [5, 5.41) is 3.04. The molecule has 1 rings (SSSR count). The van der Waals surface area contributed by atoms with Crippen LogP contribution in [0, 0.1) is 5.82 Å². The van der Waals surface area contributed by atoms with Gasteiger partial charge in [0, 0.05) is 17.7 Å². The number of amides is 1. The number of nitrogens with one attached hydrogen (secondary N) is 1. The Kier molecular flexibility index (Phi) is 5.09. The normalized spacial score (nSPS) is 14.0. The minimum atomic E-state index is -0.741. The molecule has 4 nitrogen and oxygen atoms in total. The maximum Gasteiger partial charge on any atom is 0.258 e. The molecule has 0 saturated carbocycles. The van der Waals surface area contributed by atoms with E-state index < -0.39 is 17.8 Å². The molecule has 2 unspecified atom stereocenters. The van der Waals surface area contributed by atoms with Crippen molar-refractivity contribution in [3.8, 4) is 5.75 Å². The molecule has 0 saturated heterocycles. The SMILES string of the molecule is CCC(Oc1cc(F)ccc1C(C)NC)C(N)=O. The van der Waals surface area contributed by atoms with Gasteiger partial charge in [-0.2, -0.15) is 0 Å². The fourth-order valence-electron chi connectivity index (χ4n) is 1.62. The Morgan fingerprint density at radius 3 is 2.72 bits per heavy atom. The van der Waals surface area contributed by atoms with Gasteiger partial charge in [0.25, 0.3) is 5.91 Å². The van der Waals surface area contributed by atoms with Crippen LogP contribution in [0.5, 0.6) is 5.75 Å². The van der Waals surface area contributed by atoms with E-state index in [-0.39, 0.29) is 6.04 Å². The summed E-state index contributed by atoms with van der Waals surface area (Å²) in [6.07, 6.45) is -0.297. The van der Waals surface area contributed by atoms with E-state index >= 15 is 0 Å². The Balaban J connectivity index is 3.05. The van der Waals surface area contributed by atoms with Gasteiger partial charge in [-0.15, -0.1) is 0 Å². The summed E-state index contributed by atoms with van der Waals surface area (Å²) in [6, 6.07) is 4.27. The van der Waals surface area contributed by atoms with E-state index in [0.29, 0.717) is 12.2 Å². The molecule has 0 spiro atoms. The van der Waals surface area contributed by atoms with Crippen LogP contribution < -0.4 is 15.8 Å². The molecule has 0 aromatic heterocycles. The molecule has 1 amide bonds. The van der Waals surface area contributed by atoms with E-state index in [1.165, 1.54) is 12.1 Å². The minimum absolute atomic E-state index is 0.00835. The fraction of sp³-hybridized carbons (Fsp3) is 0.462. The molecule has 0 fully saturated rings. The molecular formula is C13H19FN2O2. The standard InChI is InChI=1S/C13H19FN2O2/c1-4-11(13(15)17)18-12-7-9(14)5-6-10(12)8(2)16-3/h5-8,11,16H,4H2,1-3H3,(H2,15,17). The molecule has 0 aliphatic heterocycles. The van der Waals surface area contributed by atoms with Gasteiger partial charge in [0.15, 0.2) is 6.10 Å². The van der Waals surface area contributed by atoms with Gasteiger partial charge in [-0.25, -0.2) is 4.39 Å². The topological polar surface area (TPSA) is 64.3 Å². The van der Waals surface area contributed by atoms with Gasteiger partial charge in [-0.05, 0) is 26.5 Å². The monoisotopic (exact) mass is 254 g/mol. The summed E-state index contributed by atoms with van der Waals surface area (Å²) in [6.45, 7) is 3.71. The fourth-order valence-corrected chi connectivity index (χ4v) is 1.62. The van der Waals surface area contributed by atoms with Crippen molar-refractivity contribution in [2.45, 2.75) is 32.4 Å². The highest BCUT2D eigenvalue weighted by atomic mass is 19.1. The Bertz CT molecular complexity index is 423. The van der Waals surface area contributed by atoms with Crippen LogP contribution in [0.1, 0.15) is 31.9 Å². The Labute approximate surface area is 106 Å². The highest BCUT2D eigenvalue weighted by Crippen LogP contribution is 2.27. The third kappa shape index (κ3) is 3.43. The molecule has 2 atom stereocenters. The van der Waals surface area contributed by atoms with Crippen LogP contribution in [-0.2, 0) is 4.79 Å². The van der Waals surface area contributed by atoms with Crippen LogP contribution in [0.25, 0.3) is 0 Å². The number of nitrogens with two attached hydrogens (primary N) is 1. The molecule has 0 bridgehead atoms. The van der Waals surface area contributed by atoms with Gasteiger partial charge < -0.3 is 15.8 Å². The predicted octanol–water partition coefficient (Wildman–Crippen LogP) is 1.75. The van der Waals surface area contributed by atoms with Gasteiger partial charge in [-0.1, -0.05) is 13.0 Å². The summed E-state index contributed by atoms with van der Waals surface area (Å²) >= 11 is 0. The molecule has 100 valence electrons. The maximum absolute atomic E-state index is 13.3. The second-order valence-corrected chi connectivity index (χ2v) is 4.11. The van der Waals surface area contributed by atoms with Crippen LogP contribution in [0.3, 0.4) is 0 Å². The highest BCUT2D eigenvalue weighted by molar-refractivity contribution is 5.79. The molecule has 0 radical (unpaired) electrons. The van der Waals surface area contributed by atoms with Crippen molar-refractivity contribution in [2.24, 2.45) is 5.73 Å². The first-order valence-corrected chi connectivity index (χ1v) is 5.92. The molecule has 5 heteroatoms. The Morgan fingerprint density at radius 2 is 2.22 bits per heavy atom. The predicted molar refractivity (Wildman–Crippen MR) is 67.8 cm³/mol. The van der Waals surface area contributed by atoms with Crippen LogP contribution in [0.4, 0.5) is 4.39 Å². The third-order valence-corrected chi connectivity index (χ3v) is 2.83. The quantitative estimate of drug-likeness (QED) is 0.813. The van der Waals surface area contributed by atoms with Crippen LogP contribution in [0.2, 0.25) is 0 Å². The largest absolute Gasteiger partial charge is 0.480 e. The van der Waals surface area contributed by atoms with Crippen LogP contribution in [-0.4, -0.2) is 19.1 Å². The van der Waals surface area contributed by atoms with Gasteiger partial charge in [-0.3, -0.25) is 4.79 Å². The average Bonchev–Trinajstić information content (AvgIpc) is 2.34. The first-order valence-electron chi connectivity index (χ1n) is 5.92. The number of carbonyl (C=O) groups excluding carboxylic acids is 1. The summed E-state index contributed by atoms with van der Waals surface area (Å²) in [5.41, 5.74) is 6.01. The van der Waals surface area contributed by atoms with Gasteiger partial charge >= 0.3 is 0 Å². The van der Waals surface area contributed by atoms with Crippen molar-refractivity contribution in [3.63, 3.8) is 0 Å². The zero-order valence-electron chi connectivity index (χ0n) is 10.9.